The van der Waals surface area contributed by atoms with E-state index in [0.717, 1.165) is 12.3 Å². The van der Waals surface area contributed by atoms with Gasteiger partial charge in [-0.05, 0) is 30.3 Å². The lowest BCUT2D eigenvalue weighted by atomic mass is 10.1. The molecule has 12 heteroatoms. The fourth-order valence-electron chi connectivity index (χ4n) is 2.97. The summed E-state index contributed by atoms with van der Waals surface area (Å²) in [6, 6.07) is 7.35. The minimum Gasteiger partial charge on any atom is -0.368 e. The monoisotopic (exact) mass is 493 g/mol. The van der Waals surface area contributed by atoms with Crippen molar-refractivity contribution in [1.29, 1.82) is 0 Å². The van der Waals surface area contributed by atoms with Gasteiger partial charge in [0.25, 0.3) is 0 Å². The molecule has 0 bridgehead atoms. The number of nitrogens with one attached hydrogen (secondary N) is 3. The van der Waals surface area contributed by atoms with Crippen LogP contribution in [0, 0.1) is 0 Å². The Morgan fingerprint density at radius 3 is 2.39 bits per heavy atom. The number of aromatic nitrogens is 5. The molecule has 0 saturated heterocycles. The Balaban J connectivity index is 1.47. The van der Waals surface area contributed by atoms with E-state index in [4.69, 9.17) is 23.2 Å². The van der Waals surface area contributed by atoms with Gasteiger partial charge in [0.15, 0.2) is 0 Å². The third-order valence-electron chi connectivity index (χ3n) is 4.53. The molecule has 7 nitrogen and oxygen atoms in total. The van der Waals surface area contributed by atoms with Crippen LogP contribution in [0.3, 0.4) is 0 Å². The SMILES string of the molecule is FC(F)(F)c1ccc(NCCNc2ncc(-c3ncc[nH]3)c(-c3ccc(Cl)cc3Cl)n2)nc1. The summed E-state index contributed by atoms with van der Waals surface area (Å²) in [5.41, 5.74) is 1.07. The van der Waals surface area contributed by atoms with Crippen molar-refractivity contribution in [2.75, 3.05) is 23.7 Å². The zero-order valence-corrected chi connectivity index (χ0v) is 18.3. The Morgan fingerprint density at radius 2 is 1.73 bits per heavy atom. The molecule has 0 atom stereocenters. The van der Waals surface area contributed by atoms with Crippen LogP contribution < -0.4 is 10.6 Å². The van der Waals surface area contributed by atoms with Crippen LogP contribution in [0.15, 0.2) is 55.1 Å². The van der Waals surface area contributed by atoms with Crippen molar-refractivity contribution < 1.29 is 13.2 Å². The largest absolute Gasteiger partial charge is 0.417 e. The number of pyridine rings is 1. The number of H-pyrrole nitrogens is 1. The molecule has 4 rings (SSSR count). The average molecular weight is 494 g/mol. The van der Waals surface area contributed by atoms with Gasteiger partial charge >= 0.3 is 6.18 Å². The number of nitrogens with zero attached hydrogens (tertiary/aromatic N) is 4. The Labute approximate surface area is 196 Å². The highest BCUT2D eigenvalue weighted by Gasteiger charge is 2.30. The van der Waals surface area contributed by atoms with Crippen LogP contribution in [-0.2, 0) is 6.18 Å². The van der Waals surface area contributed by atoms with Crippen LogP contribution in [0.2, 0.25) is 10.0 Å². The average Bonchev–Trinajstić information content (AvgIpc) is 3.31. The number of benzene rings is 1. The summed E-state index contributed by atoms with van der Waals surface area (Å²) < 4.78 is 37.9. The number of hydrogen-bond donors (Lipinski definition) is 3. The van der Waals surface area contributed by atoms with Gasteiger partial charge in [0, 0.05) is 48.5 Å². The number of halogens is 5. The van der Waals surface area contributed by atoms with E-state index in [1.54, 1.807) is 36.8 Å². The van der Waals surface area contributed by atoms with E-state index in [1.807, 2.05) is 0 Å². The second-order valence-electron chi connectivity index (χ2n) is 6.80. The highest BCUT2D eigenvalue weighted by Crippen LogP contribution is 2.35. The zero-order valence-electron chi connectivity index (χ0n) is 16.8. The van der Waals surface area contributed by atoms with Crippen molar-refractivity contribution in [3.05, 3.63) is 70.7 Å². The summed E-state index contributed by atoms with van der Waals surface area (Å²) in [6.45, 7) is 0.759. The summed E-state index contributed by atoms with van der Waals surface area (Å²) in [6.07, 6.45) is 1.30. The second kappa shape index (κ2) is 9.63. The maximum absolute atomic E-state index is 12.6. The third kappa shape index (κ3) is 5.52. The van der Waals surface area contributed by atoms with E-state index < -0.39 is 11.7 Å². The number of hydrogen-bond acceptors (Lipinski definition) is 6. The van der Waals surface area contributed by atoms with E-state index in [0.29, 0.717) is 57.5 Å². The van der Waals surface area contributed by atoms with E-state index in [-0.39, 0.29) is 0 Å². The predicted molar refractivity (Wildman–Crippen MR) is 121 cm³/mol. The van der Waals surface area contributed by atoms with Crippen molar-refractivity contribution in [3.63, 3.8) is 0 Å². The van der Waals surface area contributed by atoms with E-state index in [9.17, 15) is 13.2 Å². The van der Waals surface area contributed by atoms with Gasteiger partial charge in [0.05, 0.1) is 21.8 Å². The minimum absolute atomic E-state index is 0.326. The molecule has 0 saturated carbocycles. The van der Waals surface area contributed by atoms with Gasteiger partial charge in [0.2, 0.25) is 5.95 Å². The van der Waals surface area contributed by atoms with Gasteiger partial charge in [-0.15, -0.1) is 0 Å². The van der Waals surface area contributed by atoms with Gasteiger partial charge < -0.3 is 15.6 Å². The van der Waals surface area contributed by atoms with E-state index in [2.05, 4.69) is 35.6 Å². The Bertz CT molecular complexity index is 1230. The Kier molecular flexibility index (Phi) is 6.66. The molecule has 4 aromatic rings. The molecule has 0 amide bonds. The molecular formula is C21H16Cl2F3N7. The Hall–Kier alpha value is -3.37. The number of rotatable bonds is 7. The van der Waals surface area contributed by atoms with Crippen molar-refractivity contribution in [1.82, 2.24) is 24.9 Å². The lowest BCUT2D eigenvalue weighted by molar-refractivity contribution is -0.137. The van der Waals surface area contributed by atoms with Gasteiger partial charge in [-0.3, -0.25) is 0 Å². The number of alkyl halides is 3. The molecule has 0 radical (unpaired) electrons. The van der Waals surface area contributed by atoms with Crippen molar-refractivity contribution in [3.8, 4) is 22.6 Å². The first-order chi connectivity index (χ1) is 15.8. The Morgan fingerprint density at radius 1 is 0.909 bits per heavy atom. The molecule has 0 unspecified atom stereocenters. The predicted octanol–water partition coefficient (Wildman–Crippen LogP) is 5.78. The number of imidazole rings is 1. The first-order valence-corrected chi connectivity index (χ1v) is 10.4. The maximum Gasteiger partial charge on any atom is 0.417 e. The summed E-state index contributed by atoms with van der Waals surface area (Å²) >= 11 is 12.4. The lowest BCUT2D eigenvalue weighted by Crippen LogP contribution is -2.16. The quantitative estimate of drug-likeness (QED) is 0.282. The molecule has 0 aliphatic carbocycles. The molecule has 33 heavy (non-hydrogen) atoms. The summed E-state index contributed by atoms with van der Waals surface area (Å²) in [4.78, 5) is 20.0. The molecular weight excluding hydrogens is 478 g/mol. The minimum atomic E-state index is -4.42. The normalized spacial score (nSPS) is 11.4. The van der Waals surface area contributed by atoms with Crippen molar-refractivity contribution in [2.24, 2.45) is 0 Å². The lowest BCUT2D eigenvalue weighted by Gasteiger charge is -2.12. The van der Waals surface area contributed by atoms with Crippen LogP contribution in [0.5, 0.6) is 0 Å². The molecule has 3 N–H and O–H groups in total. The van der Waals surface area contributed by atoms with Gasteiger partial charge in [-0.2, -0.15) is 13.2 Å². The fourth-order valence-corrected chi connectivity index (χ4v) is 3.47. The smallest absolute Gasteiger partial charge is 0.368 e. The van der Waals surface area contributed by atoms with Crippen LogP contribution >= 0.6 is 23.2 Å². The molecule has 0 fully saturated rings. The van der Waals surface area contributed by atoms with Crippen LogP contribution in [0.4, 0.5) is 24.9 Å². The molecule has 1 aromatic carbocycles. The van der Waals surface area contributed by atoms with E-state index >= 15 is 0 Å². The topological polar surface area (TPSA) is 91.4 Å². The molecule has 0 aliphatic rings. The maximum atomic E-state index is 12.6. The summed E-state index contributed by atoms with van der Waals surface area (Å²) in [7, 11) is 0. The van der Waals surface area contributed by atoms with Crippen LogP contribution in [-0.4, -0.2) is 38.0 Å². The fraction of sp³-hybridized carbons (Fsp3) is 0.143. The van der Waals surface area contributed by atoms with Crippen LogP contribution in [0.25, 0.3) is 22.6 Å². The highest BCUT2D eigenvalue weighted by molar-refractivity contribution is 6.36. The summed E-state index contributed by atoms with van der Waals surface area (Å²) in [5.74, 6) is 1.25. The molecule has 3 aromatic heterocycles. The first kappa shape index (κ1) is 22.8. The third-order valence-corrected chi connectivity index (χ3v) is 5.08. The first-order valence-electron chi connectivity index (χ1n) is 9.64. The zero-order chi connectivity index (χ0) is 23.4. The molecule has 170 valence electrons. The van der Waals surface area contributed by atoms with Gasteiger partial charge in [0.1, 0.15) is 11.6 Å². The van der Waals surface area contributed by atoms with Gasteiger partial charge in [-0.25, -0.2) is 19.9 Å². The van der Waals surface area contributed by atoms with Gasteiger partial charge in [-0.1, -0.05) is 23.2 Å². The molecule has 3 heterocycles. The molecule has 0 spiro atoms. The van der Waals surface area contributed by atoms with Crippen molar-refractivity contribution >= 4 is 35.0 Å². The van der Waals surface area contributed by atoms with E-state index in [1.165, 1.54) is 6.07 Å². The molecule has 0 aliphatic heterocycles. The number of aromatic amines is 1. The second-order valence-corrected chi connectivity index (χ2v) is 7.64. The highest BCUT2D eigenvalue weighted by atomic mass is 35.5. The number of anilines is 2. The van der Waals surface area contributed by atoms with Crippen molar-refractivity contribution in [2.45, 2.75) is 6.18 Å². The van der Waals surface area contributed by atoms with Crippen LogP contribution in [0.1, 0.15) is 5.56 Å². The summed E-state index contributed by atoms with van der Waals surface area (Å²) in [5, 5.41) is 6.94. The standard InChI is InChI=1S/C21H16Cl2F3N7/c22-13-2-3-14(16(23)9-13)18-15(19-28-6-7-29-19)11-32-20(33-18)30-8-5-27-17-4-1-12(10-31-17)21(24,25)26/h1-4,6-7,9-11H,5,8H2,(H,27,31)(H,28,29)(H,30,32,33).